The van der Waals surface area contributed by atoms with Crippen LogP contribution in [-0.2, 0) is 10.0 Å². The van der Waals surface area contributed by atoms with Crippen LogP contribution in [0.1, 0.15) is 0 Å². The smallest absolute Gasteiger partial charge is 0.244 e. The molecule has 80 valence electrons. The third-order valence-corrected chi connectivity index (χ3v) is 3.45. The highest BCUT2D eigenvalue weighted by molar-refractivity contribution is 7.89. The van der Waals surface area contributed by atoms with Gasteiger partial charge in [-0.25, -0.2) is 12.7 Å². The maximum atomic E-state index is 11.6. The van der Waals surface area contributed by atoms with Gasteiger partial charge in [-0.05, 0) is 22.8 Å². The third-order valence-electron chi connectivity index (χ3n) is 1.65. The van der Waals surface area contributed by atoms with Crippen LogP contribution < -0.4 is 0 Å². The van der Waals surface area contributed by atoms with Crippen LogP contribution in [0.3, 0.4) is 0 Å². The molecule has 0 N–H and O–H groups in total. The van der Waals surface area contributed by atoms with Gasteiger partial charge in [0.25, 0.3) is 0 Å². The minimum Gasteiger partial charge on any atom is -0.253 e. The van der Waals surface area contributed by atoms with Crippen LogP contribution in [0.4, 0.5) is 5.82 Å². The molecule has 0 aromatic carbocycles. The Hall–Kier alpha value is -1.63. The maximum absolute atomic E-state index is 11.6. The average molecular weight is 227 g/mol. The van der Waals surface area contributed by atoms with E-state index in [1.54, 1.807) is 0 Å². The largest absolute Gasteiger partial charge is 0.253 e. The highest BCUT2D eigenvalue weighted by Gasteiger charge is 2.16. The molecule has 0 bridgehead atoms. The molecule has 0 saturated heterocycles. The highest BCUT2D eigenvalue weighted by Crippen LogP contribution is 2.15. The Bertz CT molecular complexity index is 487. The number of aromatic nitrogens is 1. The molecule has 1 aromatic rings. The van der Waals surface area contributed by atoms with E-state index in [4.69, 9.17) is 5.53 Å². The van der Waals surface area contributed by atoms with E-state index < -0.39 is 10.0 Å². The molecule has 0 atom stereocenters. The molecule has 1 aromatic heterocycles. The van der Waals surface area contributed by atoms with E-state index >= 15 is 0 Å². The van der Waals surface area contributed by atoms with E-state index in [1.807, 2.05) is 0 Å². The molecule has 15 heavy (non-hydrogen) atoms. The van der Waals surface area contributed by atoms with Gasteiger partial charge in [0.05, 0.1) is 0 Å². The molecule has 0 saturated carbocycles. The van der Waals surface area contributed by atoms with Crippen LogP contribution in [-0.4, -0.2) is 31.8 Å². The van der Waals surface area contributed by atoms with E-state index in [0.29, 0.717) is 0 Å². The summed E-state index contributed by atoms with van der Waals surface area (Å²) in [5.41, 5.74) is 8.13. The summed E-state index contributed by atoms with van der Waals surface area (Å²) in [6.07, 6.45) is 1.15. The molecule has 0 aliphatic rings. The standard InChI is InChI=1S/C7H9N5O2S/c1-12(2)15(13,14)6-3-4-7(9-5-6)10-11-8/h3-5H,1-2H3. The van der Waals surface area contributed by atoms with E-state index in [2.05, 4.69) is 15.0 Å². The molecule has 8 heteroatoms. The van der Waals surface area contributed by atoms with Gasteiger partial charge < -0.3 is 0 Å². The zero-order valence-electron chi connectivity index (χ0n) is 8.19. The Balaban J connectivity index is 3.15. The molecule has 0 radical (unpaired) electrons. The lowest BCUT2D eigenvalue weighted by Crippen LogP contribution is -2.22. The first kappa shape index (κ1) is 11.4. The van der Waals surface area contributed by atoms with Crippen LogP contribution in [0.15, 0.2) is 28.3 Å². The lowest BCUT2D eigenvalue weighted by Gasteiger charge is -2.10. The predicted octanol–water partition coefficient (Wildman–Crippen LogP) is 1.27. The quantitative estimate of drug-likeness (QED) is 0.441. The lowest BCUT2D eigenvalue weighted by atomic mass is 10.5. The number of rotatable bonds is 3. The molecule has 0 amide bonds. The first-order chi connectivity index (χ1) is 6.98. The highest BCUT2D eigenvalue weighted by atomic mass is 32.2. The molecule has 0 spiro atoms. The van der Waals surface area contributed by atoms with Crippen molar-refractivity contribution in [3.05, 3.63) is 28.8 Å². The second kappa shape index (κ2) is 4.26. The van der Waals surface area contributed by atoms with Gasteiger partial charge in [-0.3, -0.25) is 4.98 Å². The van der Waals surface area contributed by atoms with Gasteiger partial charge in [0.15, 0.2) is 0 Å². The number of nitrogens with zero attached hydrogens (tertiary/aromatic N) is 5. The summed E-state index contributed by atoms with van der Waals surface area (Å²) < 4.78 is 24.2. The molecule has 1 heterocycles. The van der Waals surface area contributed by atoms with Crippen molar-refractivity contribution < 1.29 is 8.42 Å². The summed E-state index contributed by atoms with van der Waals surface area (Å²) >= 11 is 0. The van der Waals surface area contributed by atoms with Gasteiger partial charge in [0, 0.05) is 25.2 Å². The van der Waals surface area contributed by atoms with Gasteiger partial charge in [-0.2, -0.15) is 0 Å². The van der Waals surface area contributed by atoms with Crippen LogP contribution in [0.25, 0.3) is 10.4 Å². The molecular weight excluding hydrogens is 218 g/mol. The van der Waals surface area contributed by atoms with Gasteiger partial charge in [-0.15, -0.1) is 0 Å². The Morgan fingerprint density at radius 3 is 2.53 bits per heavy atom. The summed E-state index contributed by atoms with van der Waals surface area (Å²) in [4.78, 5) is 6.29. The second-order valence-electron chi connectivity index (χ2n) is 2.83. The molecule has 0 aliphatic heterocycles. The summed E-state index contributed by atoms with van der Waals surface area (Å²) in [5.74, 6) is 0.134. The molecule has 0 unspecified atom stereocenters. The third kappa shape index (κ3) is 2.44. The van der Waals surface area contributed by atoms with Crippen LogP contribution in [0.2, 0.25) is 0 Å². The van der Waals surface area contributed by atoms with E-state index in [1.165, 1.54) is 26.2 Å². The molecule has 0 aliphatic carbocycles. The Morgan fingerprint density at radius 1 is 1.47 bits per heavy atom. The normalized spacial score (nSPS) is 11.1. The minimum atomic E-state index is -3.47. The van der Waals surface area contributed by atoms with Crippen molar-refractivity contribution in [1.29, 1.82) is 0 Å². The van der Waals surface area contributed by atoms with Gasteiger partial charge >= 0.3 is 0 Å². The SMILES string of the molecule is CN(C)S(=O)(=O)c1ccc(N=[N+]=[N-])nc1. The molecule has 1 rings (SSSR count). The Labute approximate surface area is 87.0 Å². The Morgan fingerprint density at radius 2 is 2.13 bits per heavy atom. The van der Waals surface area contributed by atoms with E-state index in [-0.39, 0.29) is 10.7 Å². The van der Waals surface area contributed by atoms with Crippen molar-refractivity contribution in [2.24, 2.45) is 5.11 Å². The van der Waals surface area contributed by atoms with Crippen LogP contribution >= 0.6 is 0 Å². The zero-order chi connectivity index (χ0) is 11.5. The number of hydrogen-bond acceptors (Lipinski definition) is 4. The van der Waals surface area contributed by atoms with Gasteiger partial charge in [-0.1, -0.05) is 0 Å². The summed E-state index contributed by atoms with van der Waals surface area (Å²) in [7, 11) is -0.618. The molecule has 0 fully saturated rings. The number of azide groups is 1. The summed E-state index contributed by atoms with van der Waals surface area (Å²) in [5, 5.41) is 3.24. The second-order valence-corrected chi connectivity index (χ2v) is 4.98. The fraction of sp³-hybridized carbons (Fsp3) is 0.286. The summed E-state index contributed by atoms with van der Waals surface area (Å²) in [6.45, 7) is 0. The van der Waals surface area contributed by atoms with Crippen molar-refractivity contribution in [3.63, 3.8) is 0 Å². The fourth-order valence-corrected chi connectivity index (χ4v) is 1.69. The van der Waals surface area contributed by atoms with Gasteiger partial charge in [0.2, 0.25) is 10.0 Å². The predicted molar refractivity (Wildman–Crippen MR) is 53.9 cm³/mol. The summed E-state index contributed by atoms with van der Waals surface area (Å²) in [6, 6.07) is 2.68. The average Bonchev–Trinajstić information content (AvgIpc) is 2.19. The van der Waals surface area contributed by atoms with Crippen molar-refractivity contribution >= 4 is 15.8 Å². The van der Waals surface area contributed by atoms with Crippen LogP contribution in [0, 0.1) is 0 Å². The van der Waals surface area contributed by atoms with Crippen LogP contribution in [0.5, 0.6) is 0 Å². The minimum absolute atomic E-state index is 0.0596. The first-order valence-electron chi connectivity index (χ1n) is 3.92. The van der Waals surface area contributed by atoms with E-state index in [9.17, 15) is 8.42 Å². The van der Waals surface area contributed by atoms with Crippen molar-refractivity contribution in [2.45, 2.75) is 4.90 Å². The maximum Gasteiger partial charge on any atom is 0.244 e. The van der Waals surface area contributed by atoms with Gasteiger partial charge in [0.1, 0.15) is 10.7 Å². The van der Waals surface area contributed by atoms with Crippen molar-refractivity contribution in [2.75, 3.05) is 14.1 Å². The molecular formula is C7H9N5O2S. The lowest BCUT2D eigenvalue weighted by molar-refractivity contribution is 0.520. The Kier molecular flexibility index (Phi) is 3.25. The topological polar surface area (TPSA) is 99.0 Å². The number of hydrogen-bond donors (Lipinski definition) is 0. The van der Waals surface area contributed by atoms with E-state index in [0.717, 1.165) is 10.5 Å². The van der Waals surface area contributed by atoms with Crippen molar-refractivity contribution in [1.82, 2.24) is 9.29 Å². The number of sulfonamides is 1. The molecule has 7 nitrogen and oxygen atoms in total. The first-order valence-corrected chi connectivity index (χ1v) is 5.36. The number of pyridine rings is 1. The monoisotopic (exact) mass is 227 g/mol. The fourth-order valence-electron chi connectivity index (χ4n) is 0.841. The zero-order valence-corrected chi connectivity index (χ0v) is 9.01. The van der Waals surface area contributed by atoms with Crippen molar-refractivity contribution in [3.8, 4) is 0 Å².